The molecule has 0 aromatic carbocycles. The second-order valence-electron chi connectivity index (χ2n) is 2.02. The van der Waals surface area contributed by atoms with Gasteiger partial charge < -0.3 is 4.74 Å². The van der Waals surface area contributed by atoms with Gasteiger partial charge in [-0.15, -0.1) is 11.3 Å². The van der Waals surface area contributed by atoms with E-state index < -0.39 is 0 Å². The van der Waals surface area contributed by atoms with Crippen molar-refractivity contribution in [3.8, 4) is 0 Å². The highest BCUT2D eigenvalue weighted by Gasteiger charge is 1.94. The largest absolute Gasteiger partial charge is 0.466 e. The van der Waals surface area contributed by atoms with Crippen molar-refractivity contribution in [1.29, 1.82) is 0 Å². The molecule has 0 fully saturated rings. The first-order chi connectivity index (χ1) is 5.72. The lowest BCUT2D eigenvalue weighted by Gasteiger charge is -1.87. The summed E-state index contributed by atoms with van der Waals surface area (Å²) < 4.78 is 5.47. The Morgan fingerprint density at radius 2 is 2.50 bits per heavy atom. The molecule has 0 saturated heterocycles. The van der Waals surface area contributed by atoms with Crippen LogP contribution in [0.3, 0.4) is 0 Å². The van der Waals surface area contributed by atoms with Gasteiger partial charge in [-0.2, -0.15) is 0 Å². The molecule has 1 aromatic heterocycles. The number of hydrogen-bond acceptors (Lipinski definition) is 3. The maximum atomic E-state index is 10.7. The molecule has 0 unspecified atom stereocenters. The summed E-state index contributed by atoms with van der Waals surface area (Å²) in [4.78, 5) is 11.7. The molecule has 1 heterocycles. The monoisotopic (exact) mass is 246 g/mol. The van der Waals surface area contributed by atoms with E-state index in [1.54, 1.807) is 17.4 Å². The topological polar surface area (TPSA) is 26.3 Å². The van der Waals surface area contributed by atoms with E-state index in [2.05, 4.69) is 20.7 Å². The molecule has 0 spiro atoms. The number of rotatable bonds is 2. The highest BCUT2D eigenvalue weighted by Crippen LogP contribution is 2.20. The first-order valence-electron chi connectivity index (χ1n) is 3.22. The van der Waals surface area contributed by atoms with Crippen LogP contribution in [0.4, 0.5) is 0 Å². The Morgan fingerprint density at radius 3 is 3.00 bits per heavy atom. The van der Waals surface area contributed by atoms with Crippen molar-refractivity contribution in [3.05, 3.63) is 26.9 Å². The lowest BCUT2D eigenvalue weighted by Crippen LogP contribution is -1.92. The zero-order valence-corrected chi connectivity index (χ0v) is 8.81. The van der Waals surface area contributed by atoms with Crippen LogP contribution in [0, 0.1) is 0 Å². The molecule has 0 aliphatic heterocycles. The van der Waals surface area contributed by atoms with Crippen molar-refractivity contribution in [2.24, 2.45) is 0 Å². The van der Waals surface area contributed by atoms with Crippen LogP contribution >= 0.6 is 27.3 Å². The second kappa shape index (κ2) is 4.42. The molecular weight excluding hydrogens is 240 g/mol. The van der Waals surface area contributed by atoms with Crippen molar-refractivity contribution in [3.63, 3.8) is 0 Å². The van der Waals surface area contributed by atoms with Gasteiger partial charge in [0, 0.05) is 20.8 Å². The van der Waals surface area contributed by atoms with Gasteiger partial charge in [0.25, 0.3) is 0 Å². The Balaban J connectivity index is 2.63. The molecule has 2 nitrogen and oxygen atoms in total. The van der Waals surface area contributed by atoms with Gasteiger partial charge in [-0.25, -0.2) is 4.79 Å². The maximum absolute atomic E-state index is 10.7. The fraction of sp³-hybridized carbons (Fsp3) is 0.125. The highest BCUT2D eigenvalue weighted by atomic mass is 79.9. The molecule has 0 amide bonds. The van der Waals surface area contributed by atoms with Gasteiger partial charge in [0.1, 0.15) is 0 Å². The van der Waals surface area contributed by atoms with Gasteiger partial charge in [-0.05, 0) is 28.1 Å². The molecular formula is C8H7BrO2S. The molecule has 0 aliphatic carbocycles. The Morgan fingerprint density at radius 1 is 1.75 bits per heavy atom. The third kappa shape index (κ3) is 2.79. The number of halogens is 1. The van der Waals surface area contributed by atoms with Crippen LogP contribution in [-0.2, 0) is 9.53 Å². The average Bonchev–Trinajstić information content (AvgIpc) is 2.47. The third-order valence-electron chi connectivity index (χ3n) is 1.17. The number of esters is 1. The van der Waals surface area contributed by atoms with Crippen molar-refractivity contribution in [2.75, 3.05) is 7.11 Å². The van der Waals surface area contributed by atoms with Crippen molar-refractivity contribution >= 4 is 39.3 Å². The number of carbonyl (C=O) groups is 1. The number of thiophene rings is 1. The van der Waals surface area contributed by atoms with E-state index in [0.29, 0.717) is 0 Å². The third-order valence-corrected chi connectivity index (χ3v) is 2.83. The summed E-state index contributed by atoms with van der Waals surface area (Å²) in [5, 5.41) is 1.96. The first-order valence-corrected chi connectivity index (χ1v) is 4.89. The Kier molecular flexibility index (Phi) is 3.49. The van der Waals surface area contributed by atoms with Gasteiger partial charge >= 0.3 is 5.97 Å². The molecule has 0 atom stereocenters. The normalized spacial score (nSPS) is 10.5. The minimum Gasteiger partial charge on any atom is -0.466 e. The van der Waals surface area contributed by atoms with E-state index >= 15 is 0 Å². The van der Waals surface area contributed by atoms with Crippen LogP contribution in [0.1, 0.15) is 4.88 Å². The van der Waals surface area contributed by atoms with Crippen molar-refractivity contribution in [1.82, 2.24) is 0 Å². The lowest BCUT2D eigenvalue weighted by molar-refractivity contribution is -0.134. The SMILES string of the molecule is COC(=O)/C=C\c1cc(Br)cs1. The summed E-state index contributed by atoms with van der Waals surface area (Å²) in [5.41, 5.74) is 0. The van der Waals surface area contributed by atoms with Crippen LogP contribution in [0.2, 0.25) is 0 Å². The molecule has 0 saturated carbocycles. The van der Waals surface area contributed by atoms with Crippen LogP contribution in [0.25, 0.3) is 6.08 Å². The lowest BCUT2D eigenvalue weighted by atomic mass is 10.4. The summed E-state index contributed by atoms with van der Waals surface area (Å²) in [6.07, 6.45) is 3.12. The highest BCUT2D eigenvalue weighted by molar-refractivity contribution is 9.10. The minimum absolute atomic E-state index is 0.334. The van der Waals surface area contributed by atoms with E-state index in [9.17, 15) is 4.79 Å². The fourth-order valence-corrected chi connectivity index (χ4v) is 1.97. The Labute approximate surface area is 83.0 Å². The first kappa shape index (κ1) is 9.48. The van der Waals surface area contributed by atoms with E-state index in [1.807, 2.05) is 11.4 Å². The summed E-state index contributed by atoms with van der Waals surface area (Å²) in [6.45, 7) is 0. The summed E-state index contributed by atoms with van der Waals surface area (Å²) in [6, 6.07) is 1.93. The van der Waals surface area contributed by atoms with Gasteiger partial charge in [0.15, 0.2) is 0 Å². The molecule has 64 valence electrons. The number of methoxy groups -OCH3 is 1. The van der Waals surface area contributed by atoms with Crippen molar-refractivity contribution < 1.29 is 9.53 Å². The number of carbonyl (C=O) groups excluding carboxylic acids is 1. The van der Waals surface area contributed by atoms with Crippen LogP contribution in [0.5, 0.6) is 0 Å². The Hall–Kier alpha value is -0.610. The van der Waals surface area contributed by atoms with Gasteiger partial charge in [-0.1, -0.05) is 0 Å². The van der Waals surface area contributed by atoms with Crippen LogP contribution in [0.15, 0.2) is 22.0 Å². The summed E-state index contributed by atoms with van der Waals surface area (Å²) >= 11 is 4.88. The molecule has 0 aliphatic rings. The van der Waals surface area contributed by atoms with Gasteiger partial charge in [0.2, 0.25) is 0 Å². The smallest absolute Gasteiger partial charge is 0.330 e. The molecule has 4 heteroatoms. The number of ether oxygens (including phenoxy) is 1. The van der Waals surface area contributed by atoms with Gasteiger partial charge in [-0.3, -0.25) is 0 Å². The predicted molar refractivity (Wildman–Crippen MR) is 53.1 cm³/mol. The minimum atomic E-state index is -0.334. The quantitative estimate of drug-likeness (QED) is 0.593. The fourth-order valence-electron chi connectivity index (χ4n) is 0.634. The van der Waals surface area contributed by atoms with E-state index in [0.717, 1.165) is 9.35 Å². The standard InChI is InChI=1S/C8H7BrO2S/c1-11-8(10)3-2-7-4-6(9)5-12-7/h2-5H,1H3/b3-2-. The zero-order valence-electron chi connectivity index (χ0n) is 6.41. The summed E-state index contributed by atoms with van der Waals surface area (Å²) in [5.74, 6) is -0.334. The zero-order chi connectivity index (χ0) is 8.97. The van der Waals surface area contributed by atoms with E-state index in [-0.39, 0.29) is 5.97 Å². The molecule has 1 rings (SSSR count). The predicted octanol–water partition coefficient (Wildman–Crippen LogP) is 2.70. The van der Waals surface area contributed by atoms with Gasteiger partial charge in [0.05, 0.1) is 7.11 Å². The van der Waals surface area contributed by atoms with Crippen molar-refractivity contribution in [2.45, 2.75) is 0 Å². The summed E-state index contributed by atoms with van der Waals surface area (Å²) in [7, 11) is 1.36. The molecule has 0 bridgehead atoms. The van der Waals surface area contributed by atoms with E-state index in [4.69, 9.17) is 0 Å². The van der Waals surface area contributed by atoms with Crippen LogP contribution < -0.4 is 0 Å². The molecule has 12 heavy (non-hydrogen) atoms. The van der Waals surface area contributed by atoms with E-state index in [1.165, 1.54) is 13.2 Å². The second-order valence-corrected chi connectivity index (χ2v) is 3.88. The van der Waals surface area contributed by atoms with Crippen LogP contribution in [-0.4, -0.2) is 13.1 Å². The average molecular weight is 247 g/mol. The number of hydrogen-bond donors (Lipinski definition) is 0. The molecule has 1 aromatic rings. The molecule has 0 radical (unpaired) electrons. The maximum Gasteiger partial charge on any atom is 0.330 e. The Bertz CT molecular complexity index is 304. The molecule has 0 N–H and O–H groups in total.